The van der Waals surface area contributed by atoms with Crippen LogP contribution in [0.25, 0.3) is 0 Å². The monoisotopic (exact) mass is 376 g/mol. The van der Waals surface area contributed by atoms with Crippen molar-refractivity contribution >= 4 is 5.97 Å². The summed E-state index contributed by atoms with van der Waals surface area (Å²) < 4.78 is 5.26. The third-order valence-electron chi connectivity index (χ3n) is 5.45. The molecule has 0 aliphatic heterocycles. The van der Waals surface area contributed by atoms with Crippen LogP contribution in [0.4, 0.5) is 0 Å². The first-order chi connectivity index (χ1) is 13.0. The van der Waals surface area contributed by atoms with Crippen molar-refractivity contribution in [2.75, 3.05) is 6.61 Å². The standard InChI is InChI=1S/C24H40O3/c1-4-6-7-8-9-10-11-12-13-17-20-22(23(25)27-5-2)24(3,26)21-18-15-14-16-19-21/h14-16,18-19,22,26H,4-13,17,20H2,1-3H3/t22-,24+/m0/s1. The fourth-order valence-electron chi connectivity index (χ4n) is 3.68. The van der Waals surface area contributed by atoms with Crippen LogP contribution in [0, 0.1) is 5.92 Å². The maximum atomic E-state index is 12.5. The van der Waals surface area contributed by atoms with Crippen molar-refractivity contribution in [1.82, 2.24) is 0 Å². The molecule has 0 amide bonds. The zero-order chi connectivity index (χ0) is 20.0. The van der Waals surface area contributed by atoms with Crippen LogP contribution in [0.3, 0.4) is 0 Å². The van der Waals surface area contributed by atoms with Crippen molar-refractivity contribution in [3.63, 3.8) is 0 Å². The normalized spacial score (nSPS) is 14.5. The van der Waals surface area contributed by atoms with Gasteiger partial charge in [0.2, 0.25) is 0 Å². The van der Waals surface area contributed by atoms with Gasteiger partial charge in [0.05, 0.1) is 12.5 Å². The average Bonchev–Trinajstić information content (AvgIpc) is 2.67. The fourth-order valence-corrected chi connectivity index (χ4v) is 3.68. The number of carbonyl (C=O) groups excluding carboxylic acids is 1. The van der Waals surface area contributed by atoms with Crippen LogP contribution in [0.1, 0.15) is 97.0 Å². The molecule has 1 aromatic rings. The van der Waals surface area contributed by atoms with Gasteiger partial charge in [-0.1, -0.05) is 101 Å². The molecule has 1 N–H and O–H groups in total. The van der Waals surface area contributed by atoms with Gasteiger partial charge in [0.15, 0.2) is 0 Å². The van der Waals surface area contributed by atoms with Crippen molar-refractivity contribution in [2.24, 2.45) is 5.92 Å². The first-order valence-corrected chi connectivity index (χ1v) is 11.0. The van der Waals surface area contributed by atoms with Crippen LogP contribution >= 0.6 is 0 Å². The van der Waals surface area contributed by atoms with Crippen LogP contribution in [-0.2, 0) is 15.1 Å². The van der Waals surface area contributed by atoms with E-state index in [1.54, 1.807) is 6.92 Å². The number of carbonyl (C=O) groups is 1. The summed E-state index contributed by atoms with van der Waals surface area (Å²) in [5.41, 5.74) is -0.428. The Morgan fingerprint density at radius 3 is 1.96 bits per heavy atom. The molecule has 2 atom stereocenters. The average molecular weight is 377 g/mol. The van der Waals surface area contributed by atoms with E-state index in [-0.39, 0.29) is 5.97 Å². The molecule has 154 valence electrons. The summed E-state index contributed by atoms with van der Waals surface area (Å²) in [6, 6.07) is 9.47. The van der Waals surface area contributed by atoms with Crippen LogP contribution in [0.15, 0.2) is 30.3 Å². The third-order valence-corrected chi connectivity index (χ3v) is 5.45. The maximum absolute atomic E-state index is 12.5. The van der Waals surface area contributed by atoms with Crippen LogP contribution in [-0.4, -0.2) is 17.7 Å². The minimum atomic E-state index is -1.20. The minimum absolute atomic E-state index is 0.290. The third kappa shape index (κ3) is 8.92. The summed E-state index contributed by atoms with van der Waals surface area (Å²) in [6.45, 7) is 6.14. The number of ether oxygens (including phenoxy) is 1. The number of benzene rings is 1. The highest BCUT2D eigenvalue weighted by Gasteiger charge is 2.39. The highest BCUT2D eigenvalue weighted by molar-refractivity contribution is 5.74. The zero-order valence-electron chi connectivity index (χ0n) is 17.7. The Labute approximate surface area is 166 Å². The molecule has 3 nitrogen and oxygen atoms in total. The number of esters is 1. The van der Waals surface area contributed by atoms with E-state index in [2.05, 4.69) is 6.92 Å². The molecule has 1 aromatic carbocycles. The maximum Gasteiger partial charge on any atom is 0.312 e. The number of unbranched alkanes of at least 4 members (excludes halogenated alkanes) is 9. The summed E-state index contributed by atoms with van der Waals surface area (Å²) in [7, 11) is 0. The number of rotatable bonds is 15. The van der Waals surface area contributed by atoms with E-state index >= 15 is 0 Å². The van der Waals surface area contributed by atoms with Gasteiger partial charge in [-0.15, -0.1) is 0 Å². The molecular formula is C24H40O3. The summed E-state index contributed by atoms with van der Waals surface area (Å²) in [6.07, 6.45) is 13.2. The molecule has 3 heteroatoms. The highest BCUT2D eigenvalue weighted by Crippen LogP contribution is 2.34. The Hall–Kier alpha value is -1.35. The van der Waals surface area contributed by atoms with E-state index in [1.165, 1.54) is 51.4 Å². The van der Waals surface area contributed by atoms with E-state index in [9.17, 15) is 9.90 Å². The Bertz CT molecular complexity index is 496. The van der Waals surface area contributed by atoms with E-state index in [0.717, 1.165) is 18.4 Å². The molecule has 1 rings (SSSR count). The molecule has 0 heterocycles. The van der Waals surface area contributed by atoms with E-state index < -0.39 is 11.5 Å². The topological polar surface area (TPSA) is 46.5 Å². The highest BCUT2D eigenvalue weighted by atomic mass is 16.5. The second-order valence-corrected chi connectivity index (χ2v) is 7.79. The van der Waals surface area contributed by atoms with Gasteiger partial charge in [-0.25, -0.2) is 0 Å². The Morgan fingerprint density at radius 2 is 1.44 bits per heavy atom. The quantitative estimate of drug-likeness (QED) is 0.285. The minimum Gasteiger partial charge on any atom is -0.466 e. The van der Waals surface area contributed by atoms with Crippen LogP contribution in [0.5, 0.6) is 0 Å². The zero-order valence-corrected chi connectivity index (χ0v) is 17.7. The predicted molar refractivity (Wildman–Crippen MR) is 113 cm³/mol. The predicted octanol–water partition coefficient (Wildman–Crippen LogP) is 6.38. The van der Waals surface area contributed by atoms with Gasteiger partial charge in [-0.05, 0) is 25.8 Å². The Balaban J connectivity index is 2.42. The van der Waals surface area contributed by atoms with Crippen molar-refractivity contribution in [3.8, 4) is 0 Å². The van der Waals surface area contributed by atoms with E-state index in [1.807, 2.05) is 37.3 Å². The molecule has 0 fully saturated rings. The smallest absolute Gasteiger partial charge is 0.312 e. The number of hydrogen-bond acceptors (Lipinski definition) is 3. The lowest BCUT2D eigenvalue weighted by molar-refractivity contribution is -0.158. The lowest BCUT2D eigenvalue weighted by Crippen LogP contribution is -2.38. The Kier molecular flexibility index (Phi) is 12.1. The van der Waals surface area contributed by atoms with Gasteiger partial charge in [-0.2, -0.15) is 0 Å². The molecule has 0 aliphatic carbocycles. The van der Waals surface area contributed by atoms with Crippen LogP contribution in [0.2, 0.25) is 0 Å². The van der Waals surface area contributed by atoms with Crippen molar-refractivity contribution < 1.29 is 14.6 Å². The summed E-state index contributed by atoms with van der Waals surface area (Å²) in [5.74, 6) is -0.809. The summed E-state index contributed by atoms with van der Waals surface area (Å²) >= 11 is 0. The Morgan fingerprint density at radius 1 is 0.926 bits per heavy atom. The molecule has 27 heavy (non-hydrogen) atoms. The molecule has 0 saturated carbocycles. The van der Waals surface area contributed by atoms with Gasteiger partial charge in [0.25, 0.3) is 0 Å². The summed E-state index contributed by atoms with van der Waals surface area (Å²) in [5, 5.41) is 11.1. The second-order valence-electron chi connectivity index (χ2n) is 7.79. The van der Waals surface area contributed by atoms with Crippen molar-refractivity contribution in [3.05, 3.63) is 35.9 Å². The molecule has 0 bridgehead atoms. The first-order valence-electron chi connectivity index (χ1n) is 11.0. The molecule has 0 aliphatic rings. The van der Waals surface area contributed by atoms with Gasteiger partial charge in [0.1, 0.15) is 5.60 Å². The fraction of sp³-hybridized carbons (Fsp3) is 0.708. The van der Waals surface area contributed by atoms with E-state index in [0.29, 0.717) is 13.0 Å². The van der Waals surface area contributed by atoms with Gasteiger partial charge in [0, 0.05) is 0 Å². The van der Waals surface area contributed by atoms with Gasteiger partial charge in [-0.3, -0.25) is 4.79 Å². The SMILES string of the molecule is CCCCCCCCCCCC[C@@H](C(=O)OCC)[C@](C)(O)c1ccccc1. The second kappa shape index (κ2) is 13.8. The van der Waals surface area contributed by atoms with Gasteiger partial charge >= 0.3 is 5.97 Å². The lowest BCUT2D eigenvalue weighted by Gasteiger charge is -2.32. The summed E-state index contributed by atoms with van der Waals surface area (Å²) in [4.78, 5) is 12.5. The molecule has 0 saturated heterocycles. The molecule has 0 unspecified atom stereocenters. The van der Waals surface area contributed by atoms with Crippen molar-refractivity contribution in [2.45, 2.75) is 97.0 Å². The lowest BCUT2D eigenvalue weighted by atomic mass is 9.80. The number of hydrogen-bond donors (Lipinski definition) is 1. The largest absolute Gasteiger partial charge is 0.466 e. The number of aliphatic hydroxyl groups is 1. The van der Waals surface area contributed by atoms with Gasteiger partial charge < -0.3 is 9.84 Å². The van der Waals surface area contributed by atoms with Crippen LogP contribution < -0.4 is 0 Å². The first kappa shape index (κ1) is 23.7. The van der Waals surface area contributed by atoms with Crippen molar-refractivity contribution in [1.29, 1.82) is 0 Å². The molecule has 0 aromatic heterocycles. The molecule has 0 spiro atoms. The molecular weight excluding hydrogens is 336 g/mol. The van der Waals surface area contributed by atoms with E-state index in [4.69, 9.17) is 4.74 Å². The molecule has 0 radical (unpaired) electrons.